The van der Waals surface area contributed by atoms with E-state index in [-0.39, 0.29) is 28.3 Å². The van der Waals surface area contributed by atoms with Gasteiger partial charge in [0.15, 0.2) is 0 Å². The van der Waals surface area contributed by atoms with Crippen LogP contribution in [0.3, 0.4) is 0 Å². The predicted molar refractivity (Wildman–Crippen MR) is 109 cm³/mol. The van der Waals surface area contributed by atoms with Crippen LogP contribution in [0.4, 0.5) is 5.69 Å². The molecule has 0 saturated carbocycles. The van der Waals surface area contributed by atoms with Gasteiger partial charge in [-0.05, 0) is 43.2 Å². The van der Waals surface area contributed by atoms with Gasteiger partial charge in [-0.15, -0.1) is 0 Å². The summed E-state index contributed by atoms with van der Waals surface area (Å²) in [7, 11) is -0.555. The summed E-state index contributed by atoms with van der Waals surface area (Å²) >= 11 is 6.09. The van der Waals surface area contributed by atoms with Crippen molar-refractivity contribution in [2.75, 3.05) is 32.1 Å². The number of hydrogen-bond acceptors (Lipinski definition) is 4. The summed E-state index contributed by atoms with van der Waals surface area (Å²) in [6.07, 6.45) is 1.29. The lowest BCUT2D eigenvalue weighted by Crippen LogP contribution is -2.45. The molecular weight excluding hydrogens is 400 g/mol. The van der Waals surface area contributed by atoms with E-state index >= 15 is 0 Å². The second-order valence-electron chi connectivity index (χ2n) is 6.73. The zero-order valence-electron chi connectivity index (χ0n) is 15.8. The van der Waals surface area contributed by atoms with Crippen LogP contribution in [0.5, 0.6) is 5.75 Å². The van der Waals surface area contributed by atoms with E-state index in [1.54, 1.807) is 11.9 Å². The van der Waals surface area contributed by atoms with Gasteiger partial charge in [-0.25, -0.2) is 8.42 Å². The molecule has 2 aromatic carbocycles. The van der Waals surface area contributed by atoms with Crippen LogP contribution >= 0.6 is 11.6 Å². The van der Waals surface area contributed by atoms with Crippen LogP contribution in [-0.4, -0.2) is 45.9 Å². The SMILES string of the molecule is COc1ccc(S(=O)(=O)N2CCC[C@@H](C(=O)N(C)c3ccccc3)C2)cc1Cl. The fourth-order valence-electron chi connectivity index (χ4n) is 3.37. The first kappa shape index (κ1) is 20.6. The average molecular weight is 423 g/mol. The van der Waals surface area contributed by atoms with Crippen molar-refractivity contribution in [1.29, 1.82) is 0 Å². The van der Waals surface area contributed by atoms with E-state index < -0.39 is 10.0 Å². The molecule has 6 nitrogen and oxygen atoms in total. The molecule has 0 aromatic heterocycles. The Labute approximate surface area is 170 Å². The Kier molecular flexibility index (Phi) is 6.27. The number of benzene rings is 2. The number of rotatable bonds is 5. The lowest BCUT2D eigenvalue weighted by molar-refractivity contribution is -0.123. The average Bonchev–Trinajstić information content (AvgIpc) is 2.73. The zero-order chi connectivity index (χ0) is 20.3. The van der Waals surface area contributed by atoms with Crippen LogP contribution in [0.2, 0.25) is 5.02 Å². The number of ether oxygens (including phenoxy) is 1. The summed E-state index contributed by atoms with van der Waals surface area (Å²) in [5.74, 6) is -0.0573. The highest BCUT2D eigenvalue weighted by Crippen LogP contribution is 2.30. The molecule has 1 aliphatic rings. The van der Waals surface area contributed by atoms with Crippen molar-refractivity contribution in [3.8, 4) is 5.75 Å². The summed E-state index contributed by atoms with van der Waals surface area (Å²) in [6, 6.07) is 13.7. The maximum absolute atomic E-state index is 13.0. The summed E-state index contributed by atoms with van der Waals surface area (Å²) < 4.78 is 32.6. The number of amides is 1. The van der Waals surface area contributed by atoms with Gasteiger partial charge in [0.05, 0.1) is 22.9 Å². The Hall–Kier alpha value is -2.09. The van der Waals surface area contributed by atoms with E-state index in [1.165, 1.54) is 29.6 Å². The Morgan fingerprint density at radius 3 is 2.57 bits per heavy atom. The second kappa shape index (κ2) is 8.51. The number of halogens is 1. The molecule has 3 rings (SSSR count). The van der Waals surface area contributed by atoms with E-state index in [1.807, 2.05) is 30.3 Å². The Morgan fingerprint density at radius 2 is 1.93 bits per heavy atom. The van der Waals surface area contributed by atoms with Gasteiger partial charge < -0.3 is 9.64 Å². The van der Waals surface area contributed by atoms with Gasteiger partial charge in [0, 0.05) is 25.8 Å². The number of piperidine rings is 1. The molecule has 0 aliphatic carbocycles. The topological polar surface area (TPSA) is 66.9 Å². The number of anilines is 1. The lowest BCUT2D eigenvalue weighted by Gasteiger charge is -2.33. The smallest absolute Gasteiger partial charge is 0.243 e. The number of carbonyl (C=O) groups excluding carboxylic acids is 1. The number of para-hydroxylation sites is 1. The van der Waals surface area contributed by atoms with Gasteiger partial charge in [-0.1, -0.05) is 29.8 Å². The van der Waals surface area contributed by atoms with Crippen LogP contribution < -0.4 is 9.64 Å². The molecular formula is C20H23ClN2O4S. The quantitative estimate of drug-likeness (QED) is 0.740. The molecule has 1 aliphatic heterocycles. The molecule has 28 heavy (non-hydrogen) atoms. The molecule has 0 unspecified atom stereocenters. The molecule has 1 atom stereocenters. The maximum atomic E-state index is 13.0. The van der Waals surface area contributed by atoms with Crippen molar-refractivity contribution < 1.29 is 17.9 Å². The van der Waals surface area contributed by atoms with Gasteiger partial charge >= 0.3 is 0 Å². The molecule has 0 spiro atoms. The highest BCUT2D eigenvalue weighted by atomic mass is 35.5. The third-order valence-corrected chi connectivity index (χ3v) is 7.12. The van der Waals surface area contributed by atoms with Crippen LogP contribution in [0.1, 0.15) is 12.8 Å². The fourth-order valence-corrected chi connectivity index (χ4v) is 5.24. The summed E-state index contributed by atoms with van der Waals surface area (Å²) in [4.78, 5) is 14.6. The molecule has 0 radical (unpaired) electrons. The van der Waals surface area contributed by atoms with Gasteiger partial charge in [-0.3, -0.25) is 4.79 Å². The standard InChI is InChI=1S/C20H23ClN2O4S/c1-22(16-8-4-3-5-9-16)20(24)15-7-6-12-23(14-15)28(25,26)17-10-11-19(27-2)18(21)13-17/h3-5,8-11,13,15H,6-7,12,14H2,1-2H3/t15-/m1/s1. The second-order valence-corrected chi connectivity index (χ2v) is 9.08. The highest BCUT2D eigenvalue weighted by molar-refractivity contribution is 7.89. The van der Waals surface area contributed by atoms with Gasteiger partial charge in [0.25, 0.3) is 0 Å². The molecule has 8 heteroatoms. The Balaban J connectivity index is 1.78. The minimum absolute atomic E-state index is 0.0844. The van der Waals surface area contributed by atoms with Crippen molar-refractivity contribution in [1.82, 2.24) is 4.31 Å². The first-order valence-corrected chi connectivity index (χ1v) is 10.8. The predicted octanol–water partition coefficient (Wildman–Crippen LogP) is 3.41. The van der Waals surface area contributed by atoms with Crippen LogP contribution in [-0.2, 0) is 14.8 Å². The van der Waals surface area contributed by atoms with E-state index in [9.17, 15) is 13.2 Å². The van der Waals surface area contributed by atoms with Crippen LogP contribution in [0.15, 0.2) is 53.4 Å². The monoisotopic (exact) mass is 422 g/mol. The molecule has 0 N–H and O–H groups in total. The molecule has 1 amide bonds. The number of nitrogens with zero attached hydrogens (tertiary/aromatic N) is 2. The molecule has 1 saturated heterocycles. The van der Waals surface area contributed by atoms with Crippen molar-refractivity contribution >= 4 is 33.2 Å². The van der Waals surface area contributed by atoms with Crippen molar-refractivity contribution in [3.63, 3.8) is 0 Å². The molecule has 1 heterocycles. The number of hydrogen-bond donors (Lipinski definition) is 0. The van der Waals surface area contributed by atoms with Gasteiger partial charge in [0.2, 0.25) is 15.9 Å². The third kappa shape index (κ3) is 4.16. The van der Waals surface area contributed by atoms with Crippen molar-refractivity contribution in [2.45, 2.75) is 17.7 Å². The maximum Gasteiger partial charge on any atom is 0.243 e. The molecule has 2 aromatic rings. The van der Waals surface area contributed by atoms with E-state index in [2.05, 4.69) is 0 Å². The first-order chi connectivity index (χ1) is 13.3. The Bertz CT molecular complexity index is 950. The minimum Gasteiger partial charge on any atom is -0.495 e. The zero-order valence-corrected chi connectivity index (χ0v) is 17.4. The molecule has 0 bridgehead atoms. The van der Waals surface area contributed by atoms with Gasteiger partial charge in [-0.2, -0.15) is 4.31 Å². The van der Waals surface area contributed by atoms with Crippen molar-refractivity contribution in [2.24, 2.45) is 5.92 Å². The van der Waals surface area contributed by atoms with Crippen molar-refractivity contribution in [3.05, 3.63) is 53.6 Å². The van der Waals surface area contributed by atoms with Crippen LogP contribution in [0.25, 0.3) is 0 Å². The third-order valence-electron chi connectivity index (χ3n) is 4.97. The van der Waals surface area contributed by atoms with E-state index in [0.717, 1.165) is 5.69 Å². The van der Waals surface area contributed by atoms with E-state index in [0.29, 0.717) is 25.1 Å². The lowest BCUT2D eigenvalue weighted by atomic mass is 9.98. The largest absolute Gasteiger partial charge is 0.495 e. The number of carbonyl (C=O) groups is 1. The fraction of sp³-hybridized carbons (Fsp3) is 0.350. The number of methoxy groups -OCH3 is 1. The normalized spacial score (nSPS) is 17.9. The minimum atomic E-state index is -3.74. The number of sulfonamides is 1. The van der Waals surface area contributed by atoms with Gasteiger partial charge in [0.1, 0.15) is 5.75 Å². The van der Waals surface area contributed by atoms with Crippen LogP contribution in [0, 0.1) is 5.92 Å². The highest BCUT2D eigenvalue weighted by Gasteiger charge is 2.35. The Morgan fingerprint density at radius 1 is 1.21 bits per heavy atom. The summed E-state index contributed by atoms with van der Waals surface area (Å²) in [5.41, 5.74) is 0.786. The molecule has 150 valence electrons. The first-order valence-electron chi connectivity index (χ1n) is 9.01. The van der Waals surface area contributed by atoms with E-state index in [4.69, 9.17) is 16.3 Å². The molecule has 1 fully saturated rings. The summed E-state index contributed by atoms with van der Waals surface area (Å²) in [5, 5.41) is 0.233. The summed E-state index contributed by atoms with van der Waals surface area (Å²) in [6.45, 7) is 0.535.